The second-order valence-electron chi connectivity index (χ2n) is 6.32. The fourth-order valence-electron chi connectivity index (χ4n) is 3.34. The Balaban J connectivity index is 1.72. The molecule has 1 unspecified atom stereocenters. The van der Waals surface area contributed by atoms with E-state index in [4.69, 9.17) is 15.2 Å². The minimum Gasteiger partial charge on any atom is -0.489 e. The molecule has 2 aliphatic rings. The van der Waals surface area contributed by atoms with Gasteiger partial charge in [-0.1, -0.05) is 22.0 Å². The quantitative estimate of drug-likeness (QED) is 0.616. The first-order valence-corrected chi connectivity index (χ1v) is 9.26. The van der Waals surface area contributed by atoms with Gasteiger partial charge < -0.3 is 15.2 Å². The number of nitrogens with two attached hydrogens (primary N) is 1. The summed E-state index contributed by atoms with van der Waals surface area (Å²) in [6.45, 7) is 1.17. The van der Waals surface area contributed by atoms with E-state index in [1.165, 1.54) is 6.07 Å². The number of hydrogen-bond acceptors (Lipinski definition) is 6. The van der Waals surface area contributed by atoms with Crippen molar-refractivity contribution in [3.8, 4) is 11.5 Å². The van der Waals surface area contributed by atoms with E-state index < -0.39 is 6.17 Å². The summed E-state index contributed by atoms with van der Waals surface area (Å²) < 4.78 is 28.6. The van der Waals surface area contributed by atoms with Gasteiger partial charge in [-0.15, -0.1) is 0 Å². The largest absolute Gasteiger partial charge is 0.489 e. The Bertz CT molecular complexity index is 1100. The standard InChI is InChI=1S/C18H15BrFN5O2/c19-9-2-3-10(11(20)6-9)16-23-17(21)24-18-22-12-7-14-15(8-13(12)25(16)18)27-5-1-4-26-14/h2-3,6-8,16H,1,4-5H2,(H3,21,22,23,24). The van der Waals surface area contributed by atoms with E-state index >= 15 is 0 Å². The lowest BCUT2D eigenvalue weighted by atomic mass is 10.1. The van der Waals surface area contributed by atoms with E-state index in [1.54, 1.807) is 12.1 Å². The highest BCUT2D eigenvalue weighted by molar-refractivity contribution is 9.10. The van der Waals surface area contributed by atoms with Gasteiger partial charge in [0.2, 0.25) is 5.95 Å². The van der Waals surface area contributed by atoms with E-state index in [1.807, 2.05) is 16.7 Å². The molecule has 3 N–H and O–H groups in total. The number of ether oxygens (including phenoxy) is 2. The van der Waals surface area contributed by atoms with E-state index in [9.17, 15) is 4.39 Å². The number of guanidine groups is 1. The van der Waals surface area contributed by atoms with Crippen molar-refractivity contribution in [1.82, 2.24) is 9.55 Å². The van der Waals surface area contributed by atoms with Crippen molar-refractivity contribution in [2.24, 2.45) is 10.7 Å². The molecular weight excluding hydrogens is 417 g/mol. The van der Waals surface area contributed by atoms with Crippen LogP contribution in [0.4, 0.5) is 10.3 Å². The van der Waals surface area contributed by atoms with Crippen LogP contribution in [0.1, 0.15) is 18.2 Å². The molecule has 0 fully saturated rings. The topological polar surface area (TPSA) is 86.7 Å². The van der Waals surface area contributed by atoms with Crippen molar-refractivity contribution in [3.63, 3.8) is 0 Å². The van der Waals surface area contributed by atoms with Gasteiger partial charge in [0.15, 0.2) is 23.6 Å². The first kappa shape index (κ1) is 16.4. The third-order valence-electron chi connectivity index (χ3n) is 4.55. The number of hydrogen-bond donors (Lipinski definition) is 2. The molecule has 1 aromatic heterocycles. The summed E-state index contributed by atoms with van der Waals surface area (Å²) in [5.41, 5.74) is 7.77. The number of fused-ring (bicyclic) bond motifs is 4. The van der Waals surface area contributed by atoms with Crippen LogP contribution in [0.3, 0.4) is 0 Å². The zero-order valence-electron chi connectivity index (χ0n) is 14.1. The maximum atomic E-state index is 14.7. The Morgan fingerprint density at radius 2 is 1.96 bits per heavy atom. The number of aliphatic imine (C=N–C) groups is 1. The number of benzene rings is 2. The molecule has 0 bridgehead atoms. The number of rotatable bonds is 1. The zero-order chi connectivity index (χ0) is 18.5. The molecule has 0 spiro atoms. The summed E-state index contributed by atoms with van der Waals surface area (Å²) in [6.07, 6.45) is 0.135. The van der Waals surface area contributed by atoms with Gasteiger partial charge in [0.25, 0.3) is 0 Å². The van der Waals surface area contributed by atoms with Gasteiger partial charge in [0, 0.05) is 28.6 Å². The fraction of sp³-hybridized carbons (Fsp3) is 0.222. The molecule has 5 rings (SSSR count). The van der Waals surface area contributed by atoms with Crippen LogP contribution >= 0.6 is 15.9 Å². The highest BCUT2D eigenvalue weighted by Crippen LogP contribution is 2.39. The van der Waals surface area contributed by atoms with Crippen LogP contribution in [-0.2, 0) is 0 Å². The summed E-state index contributed by atoms with van der Waals surface area (Å²) in [4.78, 5) is 9.01. The Morgan fingerprint density at radius 3 is 2.74 bits per heavy atom. The highest BCUT2D eigenvalue weighted by Gasteiger charge is 2.28. The van der Waals surface area contributed by atoms with Gasteiger partial charge in [-0.2, -0.15) is 0 Å². The first-order chi connectivity index (χ1) is 13.1. The van der Waals surface area contributed by atoms with Crippen LogP contribution in [0.2, 0.25) is 0 Å². The summed E-state index contributed by atoms with van der Waals surface area (Å²) in [5.74, 6) is 1.58. The molecule has 3 aromatic rings. The third-order valence-corrected chi connectivity index (χ3v) is 5.04. The molecule has 138 valence electrons. The van der Waals surface area contributed by atoms with Crippen LogP contribution in [-0.4, -0.2) is 28.7 Å². The Morgan fingerprint density at radius 1 is 1.19 bits per heavy atom. The molecule has 2 aromatic carbocycles. The van der Waals surface area contributed by atoms with E-state index in [0.29, 0.717) is 46.2 Å². The summed E-state index contributed by atoms with van der Waals surface area (Å²) in [7, 11) is 0. The Kier molecular flexibility index (Phi) is 3.71. The van der Waals surface area contributed by atoms with Gasteiger partial charge in [-0.3, -0.25) is 9.88 Å². The average molecular weight is 432 g/mol. The number of aromatic nitrogens is 2. The van der Waals surface area contributed by atoms with Crippen molar-refractivity contribution in [2.45, 2.75) is 12.6 Å². The maximum Gasteiger partial charge on any atom is 0.212 e. The van der Waals surface area contributed by atoms with Gasteiger partial charge in [0.05, 0.1) is 24.2 Å². The van der Waals surface area contributed by atoms with E-state index in [2.05, 4.69) is 31.2 Å². The molecule has 9 heteroatoms. The summed E-state index contributed by atoms with van der Waals surface area (Å²) in [6, 6.07) is 8.55. The predicted octanol–water partition coefficient (Wildman–Crippen LogP) is 3.39. The third kappa shape index (κ3) is 2.69. The molecule has 0 amide bonds. The van der Waals surface area contributed by atoms with Crippen molar-refractivity contribution in [1.29, 1.82) is 0 Å². The minimum absolute atomic E-state index is 0.180. The van der Waals surface area contributed by atoms with Crippen molar-refractivity contribution < 1.29 is 13.9 Å². The van der Waals surface area contributed by atoms with Crippen LogP contribution < -0.4 is 20.5 Å². The number of nitrogens with zero attached hydrogens (tertiary/aromatic N) is 3. The van der Waals surface area contributed by atoms with Crippen molar-refractivity contribution >= 4 is 38.9 Å². The Labute approximate surface area is 162 Å². The Hall–Kier alpha value is -2.81. The molecule has 0 radical (unpaired) electrons. The second kappa shape index (κ2) is 6.12. The first-order valence-electron chi connectivity index (χ1n) is 8.47. The normalized spacial score (nSPS) is 18.4. The number of imidazole rings is 1. The lowest BCUT2D eigenvalue weighted by Gasteiger charge is -2.24. The lowest BCUT2D eigenvalue weighted by Crippen LogP contribution is -2.31. The van der Waals surface area contributed by atoms with Crippen molar-refractivity contribution in [2.75, 3.05) is 18.5 Å². The average Bonchev–Trinajstić information content (AvgIpc) is 2.81. The molecule has 0 saturated heterocycles. The molecule has 0 aliphatic carbocycles. The molecule has 0 saturated carbocycles. The van der Waals surface area contributed by atoms with Gasteiger partial charge >= 0.3 is 0 Å². The molecule has 2 aliphatic heterocycles. The van der Waals surface area contributed by atoms with Crippen LogP contribution in [0, 0.1) is 5.82 Å². The van der Waals surface area contributed by atoms with Crippen LogP contribution in [0.5, 0.6) is 11.5 Å². The van der Waals surface area contributed by atoms with Gasteiger partial charge in [0.1, 0.15) is 5.82 Å². The molecule has 3 heterocycles. The van der Waals surface area contributed by atoms with Gasteiger partial charge in [-0.25, -0.2) is 14.4 Å². The number of halogens is 2. The SMILES string of the molecule is NC1=NC(c2ccc(Br)cc2F)n2c(nc3cc4c(cc32)OCCCO4)N1. The van der Waals surface area contributed by atoms with Crippen LogP contribution in [0.15, 0.2) is 39.8 Å². The lowest BCUT2D eigenvalue weighted by molar-refractivity contribution is 0.297. The fourth-order valence-corrected chi connectivity index (χ4v) is 3.68. The smallest absolute Gasteiger partial charge is 0.212 e. The van der Waals surface area contributed by atoms with Crippen molar-refractivity contribution in [3.05, 3.63) is 46.2 Å². The van der Waals surface area contributed by atoms with E-state index in [0.717, 1.165) is 11.9 Å². The number of nitrogens with one attached hydrogen (secondary N) is 1. The summed E-state index contributed by atoms with van der Waals surface area (Å²) in [5, 5.41) is 2.95. The zero-order valence-corrected chi connectivity index (χ0v) is 15.7. The second-order valence-corrected chi connectivity index (χ2v) is 7.24. The molecule has 7 nitrogen and oxygen atoms in total. The highest BCUT2D eigenvalue weighted by atomic mass is 79.9. The molecule has 27 heavy (non-hydrogen) atoms. The van der Waals surface area contributed by atoms with Crippen LogP contribution in [0.25, 0.3) is 11.0 Å². The minimum atomic E-state index is -0.677. The van der Waals surface area contributed by atoms with Gasteiger partial charge in [-0.05, 0) is 12.1 Å². The van der Waals surface area contributed by atoms with E-state index in [-0.39, 0.29) is 11.8 Å². The number of anilines is 1. The predicted molar refractivity (Wildman–Crippen MR) is 103 cm³/mol. The molecular formula is C18H15BrFN5O2. The molecule has 1 atom stereocenters. The maximum absolute atomic E-state index is 14.7. The summed E-state index contributed by atoms with van der Waals surface area (Å²) >= 11 is 3.28. The monoisotopic (exact) mass is 431 g/mol.